The Bertz CT molecular complexity index is 543. The average molecular weight is 338 g/mol. The Kier molecular flexibility index (Phi) is 6.23. The molecule has 2 heterocycles. The monoisotopic (exact) mass is 338 g/mol. The number of likely N-dealkylation sites (tertiary alicyclic amines) is 1. The maximum absolute atomic E-state index is 11.8. The van der Waals surface area contributed by atoms with Gasteiger partial charge in [0.1, 0.15) is 5.60 Å². The van der Waals surface area contributed by atoms with Gasteiger partial charge in [0.25, 0.3) is 0 Å². The highest BCUT2D eigenvalue weighted by molar-refractivity contribution is 5.67. The van der Waals surface area contributed by atoms with Crippen LogP contribution in [0.25, 0.3) is 0 Å². The minimum atomic E-state index is -0.501. The van der Waals surface area contributed by atoms with E-state index < -0.39 is 11.7 Å². The summed E-state index contributed by atoms with van der Waals surface area (Å²) in [6.07, 6.45) is 3.44. The highest BCUT2D eigenvalue weighted by Crippen LogP contribution is 2.19. The largest absolute Gasteiger partial charge is 0.444 e. The third-order valence-electron chi connectivity index (χ3n) is 4.31. The van der Waals surface area contributed by atoms with Gasteiger partial charge < -0.3 is 15.2 Å². The van der Waals surface area contributed by atoms with Gasteiger partial charge in [-0.25, -0.2) is 4.79 Å². The van der Waals surface area contributed by atoms with E-state index in [1.807, 2.05) is 32.5 Å². The number of aryl methyl sites for hydroxylation is 1. The summed E-state index contributed by atoms with van der Waals surface area (Å²) in [5.74, 6) is 0.432. The molecule has 7 heteroatoms. The number of aliphatic hydroxyl groups excluding tert-OH is 1. The van der Waals surface area contributed by atoms with Gasteiger partial charge in [0, 0.05) is 32.3 Å². The SMILES string of the molecule is Cn1ncc(CNC(=O)OC(C)(C)C)c1CN1CCC(CO)CC1. The van der Waals surface area contributed by atoms with E-state index in [0.717, 1.165) is 43.7 Å². The Hall–Kier alpha value is -1.60. The lowest BCUT2D eigenvalue weighted by Crippen LogP contribution is -2.35. The molecule has 1 aromatic rings. The van der Waals surface area contributed by atoms with E-state index in [-0.39, 0.29) is 6.61 Å². The highest BCUT2D eigenvalue weighted by Gasteiger charge is 2.21. The van der Waals surface area contributed by atoms with Gasteiger partial charge in [-0.3, -0.25) is 9.58 Å². The maximum atomic E-state index is 11.8. The van der Waals surface area contributed by atoms with Crippen molar-refractivity contribution in [1.82, 2.24) is 20.0 Å². The quantitative estimate of drug-likeness (QED) is 0.853. The summed E-state index contributed by atoms with van der Waals surface area (Å²) in [6.45, 7) is 8.99. The molecule has 0 spiro atoms. The fraction of sp³-hybridized carbons (Fsp3) is 0.765. The second-order valence-corrected chi connectivity index (χ2v) is 7.50. The number of alkyl carbamates (subject to hydrolysis) is 1. The van der Waals surface area contributed by atoms with Crippen molar-refractivity contribution in [3.8, 4) is 0 Å². The summed E-state index contributed by atoms with van der Waals surface area (Å²) < 4.78 is 7.13. The third-order valence-corrected chi connectivity index (χ3v) is 4.31. The molecule has 1 amide bonds. The van der Waals surface area contributed by atoms with Gasteiger partial charge in [-0.15, -0.1) is 0 Å². The van der Waals surface area contributed by atoms with Gasteiger partial charge in [-0.2, -0.15) is 5.10 Å². The molecule has 0 radical (unpaired) electrons. The number of amides is 1. The first kappa shape index (κ1) is 18.7. The van der Waals surface area contributed by atoms with Gasteiger partial charge in [0.05, 0.1) is 11.9 Å². The number of carbonyl (C=O) groups is 1. The molecular weight excluding hydrogens is 308 g/mol. The molecule has 1 aromatic heterocycles. The molecule has 0 bridgehead atoms. The van der Waals surface area contributed by atoms with Gasteiger partial charge in [-0.1, -0.05) is 0 Å². The van der Waals surface area contributed by atoms with Crippen LogP contribution >= 0.6 is 0 Å². The van der Waals surface area contributed by atoms with Crippen LogP contribution in [-0.4, -0.2) is 51.2 Å². The van der Waals surface area contributed by atoms with Crippen molar-refractivity contribution >= 4 is 6.09 Å². The molecule has 0 unspecified atom stereocenters. The maximum Gasteiger partial charge on any atom is 0.407 e. The first-order valence-corrected chi connectivity index (χ1v) is 8.58. The standard InChI is InChI=1S/C17H30N4O3/c1-17(2,3)24-16(23)18-9-14-10-19-20(4)15(14)11-21-7-5-13(12-22)6-8-21/h10,13,22H,5-9,11-12H2,1-4H3,(H,18,23). The molecule has 1 aliphatic heterocycles. The van der Waals surface area contributed by atoms with E-state index in [1.165, 1.54) is 0 Å². The number of nitrogens with zero attached hydrogens (tertiary/aromatic N) is 3. The number of hydrogen-bond donors (Lipinski definition) is 2. The molecule has 2 rings (SSSR count). The molecule has 7 nitrogen and oxygen atoms in total. The summed E-state index contributed by atoms with van der Waals surface area (Å²) >= 11 is 0. The molecule has 0 aromatic carbocycles. The predicted octanol–water partition coefficient (Wildman–Crippen LogP) is 1.65. The number of aliphatic hydroxyl groups is 1. The summed E-state index contributed by atoms with van der Waals surface area (Å²) in [5.41, 5.74) is 1.61. The number of carbonyl (C=O) groups excluding carboxylic acids is 1. The zero-order valence-electron chi connectivity index (χ0n) is 15.2. The lowest BCUT2D eigenvalue weighted by Gasteiger charge is -2.31. The summed E-state index contributed by atoms with van der Waals surface area (Å²) in [7, 11) is 1.92. The van der Waals surface area contributed by atoms with Crippen LogP contribution < -0.4 is 5.32 Å². The number of aromatic nitrogens is 2. The highest BCUT2D eigenvalue weighted by atomic mass is 16.6. The van der Waals surface area contributed by atoms with Gasteiger partial charge in [0.15, 0.2) is 0 Å². The summed E-state index contributed by atoms with van der Waals surface area (Å²) in [5, 5.41) is 16.4. The van der Waals surface area contributed by atoms with Crippen molar-refractivity contribution in [1.29, 1.82) is 0 Å². The van der Waals surface area contributed by atoms with Crippen LogP contribution in [0.4, 0.5) is 4.79 Å². The van der Waals surface area contributed by atoms with Crippen molar-refractivity contribution in [3.05, 3.63) is 17.5 Å². The topological polar surface area (TPSA) is 79.6 Å². The van der Waals surface area contributed by atoms with E-state index in [9.17, 15) is 9.90 Å². The Morgan fingerprint density at radius 3 is 2.67 bits per heavy atom. The van der Waals surface area contributed by atoms with Crippen LogP contribution in [-0.2, 0) is 24.9 Å². The van der Waals surface area contributed by atoms with Crippen LogP contribution in [0.3, 0.4) is 0 Å². The Morgan fingerprint density at radius 2 is 2.08 bits per heavy atom. The number of piperidine rings is 1. The number of nitrogens with one attached hydrogen (secondary N) is 1. The Morgan fingerprint density at radius 1 is 1.42 bits per heavy atom. The lowest BCUT2D eigenvalue weighted by atomic mass is 9.98. The molecule has 0 saturated carbocycles. The molecule has 1 fully saturated rings. The van der Waals surface area contributed by atoms with Crippen LogP contribution in [0.1, 0.15) is 44.9 Å². The number of hydrogen-bond acceptors (Lipinski definition) is 5. The molecular formula is C17H30N4O3. The molecule has 1 saturated heterocycles. The fourth-order valence-corrected chi connectivity index (χ4v) is 2.88. The van der Waals surface area contributed by atoms with E-state index in [4.69, 9.17) is 4.74 Å². The molecule has 1 aliphatic rings. The normalized spacial score (nSPS) is 17.0. The van der Waals surface area contributed by atoms with Crippen molar-refractivity contribution < 1.29 is 14.6 Å². The van der Waals surface area contributed by atoms with E-state index in [2.05, 4.69) is 15.3 Å². The van der Waals surface area contributed by atoms with Crippen molar-refractivity contribution in [2.75, 3.05) is 19.7 Å². The first-order valence-electron chi connectivity index (χ1n) is 8.58. The second-order valence-electron chi connectivity index (χ2n) is 7.50. The van der Waals surface area contributed by atoms with Gasteiger partial charge in [-0.05, 0) is 52.6 Å². The van der Waals surface area contributed by atoms with E-state index in [1.54, 1.807) is 6.20 Å². The van der Waals surface area contributed by atoms with E-state index in [0.29, 0.717) is 12.5 Å². The van der Waals surface area contributed by atoms with Crippen LogP contribution in [0.15, 0.2) is 6.20 Å². The molecule has 0 atom stereocenters. The van der Waals surface area contributed by atoms with Crippen LogP contribution in [0, 0.1) is 5.92 Å². The lowest BCUT2D eigenvalue weighted by molar-refractivity contribution is 0.0523. The molecule has 2 N–H and O–H groups in total. The summed E-state index contributed by atoms with van der Waals surface area (Å²) in [6, 6.07) is 0. The molecule has 136 valence electrons. The van der Waals surface area contributed by atoms with Crippen LogP contribution in [0.2, 0.25) is 0 Å². The number of rotatable bonds is 5. The Labute approximate surface area is 144 Å². The zero-order chi connectivity index (χ0) is 17.7. The average Bonchev–Trinajstić information content (AvgIpc) is 2.85. The smallest absolute Gasteiger partial charge is 0.407 e. The third kappa shape index (κ3) is 5.49. The first-order chi connectivity index (χ1) is 11.3. The fourth-order valence-electron chi connectivity index (χ4n) is 2.88. The number of ether oxygens (including phenoxy) is 1. The zero-order valence-corrected chi connectivity index (χ0v) is 15.2. The minimum absolute atomic E-state index is 0.282. The van der Waals surface area contributed by atoms with Crippen LogP contribution in [0.5, 0.6) is 0 Å². The Balaban J connectivity index is 1.90. The predicted molar refractivity (Wildman–Crippen MR) is 91.4 cm³/mol. The van der Waals surface area contributed by atoms with Crippen molar-refractivity contribution in [2.45, 2.75) is 52.3 Å². The van der Waals surface area contributed by atoms with E-state index >= 15 is 0 Å². The van der Waals surface area contributed by atoms with Gasteiger partial charge >= 0.3 is 6.09 Å². The molecule has 0 aliphatic carbocycles. The van der Waals surface area contributed by atoms with Crippen molar-refractivity contribution in [3.63, 3.8) is 0 Å². The second kappa shape index (κ2) is 7.98. The van der Waals surface area contributed by atoms with Crippen molar-refractivity contribution in [2.24, 2.45) is 13.0 Å². The minimum Gasteiger partial charge on any atom is -0.444 e. The van der Waals surface area contributed by atoms with Gasteiger partial charge in [0.2, 0.25) is 0 Å². The summed E-state index contributed by atoms with van der Waals surface area (Å²) in [4.78, 5) is 14.2. The molecule has 24 heavy (non-hydrogen) atoms.